The Kier molecular flexibility index (Phi) is 5.46. The maximum absolute atomic E-state index is 12.0. The van der Waals surface area contributed by atoms with E-state index in [0.29, 0.717) is 23.1 Å². The molecule has 0 radical (unpaired) electrons. The minimum Gasteiger partial charge on any atom is -0.489 e. The van der Waals surface area contributed by atoms with Crippen molar-refractivity contribution in [2.45, 2.75) is 25.0 Å². The first kappa shape index (κ1) is 21.8. The fourth-order valence-electron chi connectivity index (χ4n) is 5.64. The zero-order valence-corrected chi connectivity index (χ0v) is 19.7. The van der Waals surface area contributed by atoms with Gasteiger partial charge in [0.15, 0.2) is 0 Å². The number of nitrogens with one attached hydrogen (secondary N) is 1. The van der Waals surface area contributed by atoms with Crippen molar-refractivity contribution in [1.82, 2.24) is 0 Å². The van der Waals surface area contributed by atoms with Gasteiger partial charge in [0.25, 0.3) is 0 Å². The third-order valence-electron chi connectivity index (χ3n) is 7.26. The largest absolute Gasteiger partial charge is 0.489 e. The van der Waals surface area contributed by atoms with Crippen molar-refractivity contribution in [3.8, 4) is 5.75 Å². The van der Waals surface area contributed by atoms with Crippen molar-refractivity contribution >= 4 is 23.3 Å². The zero-order chi connectivity index (χ0) is 23.9. The van der Waals surface area contributed by atoms with Crippen molar-refractivity contribution < 1.29 is 14.6 Å². The number of para-hydroxylation sites is 1. The van der Waals surface area contributed by atoms with Gasteiger partial charge in [0.1, 0.15) is 12.4 Å². The number of fused-ring (bicyclic) bond motifs is 5. The van der Waals surface area contributed by atoms with Gasteiger partial charge in [-0.05, 0) is 58.9 Å². The van der Waals surface area contributed by atoms with Gasteiger partial charge in [0, 0.05) is 16.5 Å². The van der Waals surface area contributed by atoms with Crippen LogP contribution >= 0.6 is 11.6 Å². The van der Waals surface area contributed by atoms with E-state index in [4.69, 9.17) is 16.3 Å². The molecule has 0 saturated carbocycles. The summed E-state index contributed by atoms with van der Waals surface area (Å²) in [7, 11) is 0. The Morgan fingerprint density at radius 3 is 2.46 bits per heavy atom. The minimum atomic E-state index is -0.916. The van der Waals surface area contributed by atoms with E-state index in [1.54, 1.807) is 6.07 Å². The molecule has 2 aliphatic rings. The molecule has 0 unspecified atom stereocenters. The molecule has 174 valence electrons. The summed E-state index contributed by atoms with van der Waals surface area (Å²) in [6.07, 6.45) is 0.944. The molecule has 0 aromatic heterocycles. The molecule has 1 aliphatic heterocycles. The van der Waals surface area contributed by atoms with Crippen LogP contribution in [-0.2, 0) is 13.0 Å². The molecular formula is C30H24ClNO3. The third-order valence-corrected chi connectivity index (χ3v) is 7.62. The number of aromatic carboxylic acids is 1. The Hall–Kier alpha value is -3.76. The number of ether oxygens (including phenoxy) is 1. The molecule has 6 rings (SSSR count). The molecule has 0 bridgehead atoms. The number of hydrogen-bond donors (Lipinski definition) is 2. The van der Waals surface area contributed by atoms with Crippen LogP contribution in [0.15, 0.2) is 91.0 Å². The molecule has 4 nitrogen and oxygen atoms in total. The van der Waals surface area contributed by atoms with E-state index in [0.717, 1.165) is 34.5 Å². The number of benzene rings is 4. The van der Waals surface area contributed by atoms with Crippen molar-refractivity contribution in [2.24, 2.45) is 5.92 Å². The SMILES string of the molecule is O=C(O)c1cccc2c1N[C@H](c1ccc(OCc3ccccc3Cl)cc1)[C@@H]1Cc3ccccc3[C@H]21. The van der Waals surface area contributed by atoms with Crippen LogP contribution in [0.2, 0.25) is 5.02 Å². The molecule has 35 heavy (non-hydrogen) atoms. The lowest BCUT2D eigenvalue weighted by Crippen LogP contribution is -2.31. The number of halogens is 1. The van der Waals surface area contributed by atoms with Crippen LogP contribution in [0, 0.1) is 5.92 Å². The van der Waals surface area contributed by atoms with Gasteiger partial charge in [0.05, 0.1) is 17.3 Å². The summed E-state index contributed by atoms with van der Waals surface area (Å²) in [5.74, 6) is 0.297. The van der Waals surface area contributed by atoms with E-state index in [1.165, 1.54) is 11.1 Å². The Morgan fingerprint density at radius 1 is 0.914 bits per heavy atom. The monoisotopic (exact) mass is 481 g/mol. The molecule has 3 atom stereocenters. The Labute approximate surface area is 209 Å². The van der Waals surface area contributed by atoms with Gasteiger partial charge < -0.3 is 15.2 Å². The topological polar surface area (TPSA) is 58.6 Å². The van der Waals surface area contributed by atoms with E-state index in [9.17, 15) is 9.90 Å². The number of carboxylic acid groups (broad SMARTS) is 1. The number of carboxylic acids is 1. The lowest BCUT2D eigenvalue weighted by atomic mass is 9.75. The van der Waals surface area contributed by atoms with E-state index >= 15 is 0 Å². The summed E-state index contributed by atoms with van der Waals surface area (Å²) in [6.45, 7) is 0.399. The van der Waals surface area contributed by atoms with Gasteiger partial charge in [-0.15, -0.1) is 0 Å². The molecule has 4 aromatic carbocycles. The second-order valence-corrected chi connectivity index (χ2v) is 9.60. The maximum Gasteiger partial charge on any atom is 0.337 e. The second kappa shape index (κ2) is 8.79. The van der Waals surface area contributed by atoms with E-state index < -0.39 is 5.97 Å². The number of rotatable bonds is 5. The summed E-state index contributed by atoms with van der Waals surface area (Å²) in [4.78, 5) is 12.0. The molecule has 5 heteroatoms. The average Bonchev–Trinajstić information content (AvgIpc) is 3.28. The van der Waals surface area contributed by atoms with Gasteiger partial charge in [-0.2, -0.15) is 0 Å². The van der Waals surface area contributed by atoms with Crippen LogP contribution in [0.25, 0.3) is 0 Å². The Morgan fingerprint density at radius 2 is 1.66 bits per heavy atom. The average molecular weight is 482 g/mol. The fraction of sp³-hybridized carbons (Fsp3) is 0.167. The van der Waals surface area contributed by atoms with Gasteiger partial charge in [0.2, 0.25) is 0 Å². The number of hydrogen-bond acceptors (Lipinski definition) is 3. The van der Waals surface area contributed by atoms with Crippen molar-refractivity contribution in [2.75, 3.05) is 5.32 Å². The van der Waals surface area contributed by atoms with Crippen molar-refractivity contribution in [3.05, 3.63) is 129 Å². The third kappa shape index (κ3) is 3.84. The molecular weight excluding hydrogens is 458 g/mol. The fourth-order valence-corrected chi connectivity index (χ4v) is 5.83. The summed E-state index contributed by atoms with van der Waals surface area (Å²) < 4.78 is 5.98. The standard InChI is InChI=1S/C30H24ClNO3/c31-26-11-4-2-7-20(26)17-35-21-14-12-18(13-15-21)28-25-16-19-6-1-3-8-22(19)27(25)23-9-5-10-24(30(33)34)29(23)32-28/h1-15,25,27-28,32H,16-17H2,(H,33,34)/t25-,27-,28-/m1/s1. The highest BCUT2D eigenvalue weighted by Crippen LogP contribution is 2.54. The molecule has 4 aromatic rings. The van der Waals surface area contributed by atoms with Crippen LogP contribution in [0.4, 0.5) is 5.69 Å². The van der Waals surface area contributed by atoms with E-state index in [-0.39, 0.29) is 12.0 Å². The number of carbonyl (C=O) groups is 1. The van der Waals surface area contributed by atoms with Crippen LogP contribution in [0.5, 0.6) is 5.75 Å². The van der Waals surface area contributed by atoms with Gasteiger partial charge >= 0.3 is 5.97 Å². The van der Waals surface area contributed by atoms with E-state index in [2.05, 4.69) is 47.8 Å². The Bertz CT molecular complexity index is 1420. The van der Waals surface area contributed by atoms with Gasteiger partial charge in [-0.25, -0.2) is 4.79 Å². The normalized spacial score (nSPS) is 19.7. The lowest BCUT2D eigenvalue weighted by molar-refractivity contribution is 0.0697. The van der Waals surface area contributed by atoms with Crippen LogP contribution in [-0.4, -0.2) is 11.1 Å². The Balaban J connectivity index is 1.33. The van der Waals surface area contributed by atoms with Gasteiger partial charge in [-0.3, -0.25) is 0 Å². The molecule has 0 spiro atoms. The molecule has 1 aliphatic carbocycles. The summed E-state index contributed by atoms with van der Waals surface area (Å²) in [5, 5.41) is 14.2. The molecule has 0 saturated heterocycles. The summed E-state index contributed by atoms with van der Waals surface area (Å²) >= 11 is 6.25. The van der Waals surface area contributed by atoms with Crippen LogP contribution < -0.4 is 10.1 Å². The maximum atomic E-state index is 12.0. The first-order valence-electron chi connectivity index (χ1n) is 11.8. The highest BCUT2D eigenvalue weighted by atomic mass is 35.5. The quantitative estimate of drug-likeness (QED) is 0.319. The molecule has 1 heterocycles. The predicted octanol–water partition coefficient (Wildman–Crippen LogP) is 7.09. The van der Waals surface area contributed by atoms with Crippen molar-refractivity contribution in [1.29, 1.82) is 0 Å². The smallest absolute Gasteiger partial charge is 0.337 e. The highest BCUT2D eigenvalue weighted by Gasteiger charge is 2.44. The summed E-state index contributed by atoms with van der Waals surface area (Å²) in [6, 6.07) is 29.9. The lowest BCUT2D eigenvalue weighted by Gasteiger charge is -2.38. The van der Waals surface area contributed by atoms with Crippen LogP contribution in [0.3, 0.4) is 0 Å². The van der Waals surface area contributed by atoms with Crippen molar-refractivity contribution in [3.63, 3.8) is 0 Å². The first-order valence-corrected chi connectivity index (χ1v) is 12.1. The molecule has 0 fully saturated rings. The highest BCUT2D eigenvalue weighted by molar-refractivity contribution is 6.31. The first-order chi connectivity index (χ1) is 17.1. The second-order valence-electron chi connectivity index (χ2n) is 9.19. The summed E-state index contributed by atoms with van der Waals surface area (Å²) in [5.41, 5.74) is 6.79. The minimum absolute atomic E-state index is 0.0157. The zero-order valence-electron chi connectivity index (χ0n) is 18.9. The predicted molar refractivity (Wildman–Crippen MR) is 137 cm³/mol. The van der Waals surface area contributed by atoms with E-state index in [1.807, 2.05) is 42.5 Å². The van der Waals surface area contributed by atoms with Gasteiger partial charge in [-0.1, -0.05) is 78.3 Å². The van der Waals surface area contributed by atoms with Crippen LogP contribution in [0.1, 0.15) is 50.1 Å². The molecule has 0 amide bonds. The molecule has 2 N–H and O–H groups in total. The number of anilines is 1.